The van der Waals surface area contributed by atoms with E-state index in [-0.39, 0.29) is 18.3 Å². The van der Waals surface area contributed by atoms with E-state index in [4.69, 9.17) is 4.74 Å². The maximum atomic E-state index is 11.6. The molecule has 0 fully saturated rings. The summed E-state index contributed by atoms with van der Waals surface area (Å²) in [6.45, 7) is 7.42. The minimum Gasteiger partial charge on any atom is -0.460 e. The molecule has 0 bridgehead atoms. The van der Waals surface area contributed by atoms with Gasteiger partial charge >= 0.3 is 5.97 Å². The van der Waals surface area contributed by atoms with Gasteiger partial charge < -0.3 is 9.84 Å². The summed E-state index contributed by atoms with van der Waals surface area (Å²) >= 11 is 0. The molecule has 0 aliphatic heterocycles. The van der Waals surface area contributed by atoms with Gasteiger partial charge in [-0.1, -0.05) is 37.3 Å². The second-order valence-electron chi connectivity index (χ2n) is 6.02. The third kappa shape index (κ3) is 6.39. The molecule has 0 aromatic heterocycles. The highest BCUT2D eigenvalue weighted by atomic mass is 16.6. The summed E-state index contributed by atoms with van der Waals surface area (Å²) in [7, 11) is 0. The van der Waals surface area contributed by atoms with Crippen LogP contribution in [0.25, 0.3) is 0 Å². The lowest BCUT2D eigenvalue weighted by atomic mass is 9.94. The van der Waals surface area contributed by atoms with Crippen molar-refractivity contribution in [2.75, 3.05) is 0 Å². The number of aliphatic hydroxyl groups excluding tert-OH is 1. The molecule has 19 heavy (non-hydrogen) atoms. The van der Waals surface area contributed by atoms with E-state index in [1.165, 1.54) is 5.56 Å². The molecule has 0 amide bonds. The monoisotopic (exact) mass is 264 g/mol. The number of ether oxygens (including phenoxy) is 1. The van der Waals surface area contributed by atoms with Gasteiger partial charge in [0.15, 0.2) is 0 Å². The van der Waals surface area contributed by atoms with Crippen LogP contribution in [0.15, 0.2) is 30.3 Å². The first kappa shape index (κ1) is 15.7. The van der Waals surface area contributed by atoms with Gasteiger partial charge in [-0.2, -0.15) is 0 Å². The quantitative estimate of drug-likeness (QED) is 0.832. The first-order valence-corrected chi connectivity index (χ1v) is 6.72. The zero-order chi connectivity index (χ0) is 14.5. The van der Waals surface area contributed by atoms with Gasteiger partial charge in [-0.25, -0.2) is 0 Å². The highest BCUT2D eigenvalue weighted by Crippen LogP contribution is 2.16. The second kappa shape index (κ2) is 6.71. The normalized spacial score (nSPS) is 14.8. The van der Waals surface area contributed by atoms with Crippen molar-refractivity contribution < 1.29 is 14.6 Å². The molecule has 2 unspecified atom stereocenters. The van der Waals surface area contributed by atoms with Gasteiger partial charge in [0.25, 0.3) is 0 Å². The number of carbonyl (C=O) groups is 1. The van der Waals surface area contributed by atoms with Gasteiger partial charge in [0.05, 0.1) is 12.5 Å². The highest BCUT2D eigenvalue weighted by molar-refractivity contribution is 5.70. The molecule has 3 heteroatoms. The van der Waals surface area contributed by atoms with Gasteiger partial charge in [0.2, 0.25) is 0 Å². The Labute approximate surface area is 115 Å². The van der Waals surface area contributed by atoms with Crippen molar-refractivity contribution in [3.05, 3.63) is 35.9 Å². The number of esters is 1. The predicted octanol–water partition coefficient (Wildman–Crippen LogP) is 2.96. The van der Waals surface area contributed by atoms with Gasteiger partial charge in [0, 0.05) is 0 Å². The Morgan fingerprint density at radius 3 is 2.37 bits per heavy atom. The number of aliphatic hydroxyl groups is 1. The van der Waals surface area contributed by atoms with Gasteiger partial charge in [0.1, 0.15) is 5.60 Å². The molecule has 0 aliphatic carbocycles. The molecule has 2 atom stereocenters. The summed E-state index contributed by atoms with van der Waals surface area (Å²) in [4.78, 5) is 11.6. The molecule has 0 heterocycles. The average molecular weight is 264 g/mol. The van der Waals surface area contributed by atoms with Crippen LogP contribution in [-0.2, 0) is 16.0 Å². The third-order valence-corrected chi connectivity index (χ3v) is 2.85. The maximum Gasteiger partial charge on any atom is 0.308 e. The molecule has 1 aromatic carbocycles. The SMILES string of the molecule is CC(Cc1ccccc1)C(O)CC(=O)OC(C)(C)C. The number of benzene rings is 1. The van der Waals surface area contributed by atoms with Gasteiger partial charge in [-0.3, -0.25) is 4.79 Å². The summed E-state index contributed by atoms with van der Waals surface area (Å²) in [6, 6.07) is 9.96. The number of carbonyl (C=O) groups excluding carboxylic acids is 1. The van der Waals surface area contributed by atoms with E-state index in [9.17, 15) is 9.90 Å². The molecule has 0 aliphatic rings. The van der Waals surface area contributed by atoms with Crippen molar-refractivity contribution in [2.24, 2.45) is 5.92 Å². The van der Waals surface area contributed by atoms with Crippen molar-refractivity contribution in [3.8, 4) is 0 Å². The lowest BCUT2D eigenvalue weighted by molar-refractivity contribution is -0.157. The molecule has 106 valence electrons. The zero-order valence-electron chi connectivity index (χ0n) is 12.2. The molecule has 1 N–H and O–H groups in total. The van der Waals surface area contributed by atoms with Crippen molar-refractivity contribution in [1.29, 1.82) is 0 Å². The maximum absolute atomic E-state index is 11.6. The Balaban J connectivity index is 2.45. The van der Waals surface area contributed by atoms with Gasteiger partial charge in [-0.15, -0.1) is 0 Å². The zero-order valence-corrected chi connectivity index (χ0v) is 12.2. The Bertz CT molecular complexity index is 392. The van der Waals surface area contributed by atoms with Crippen LogP contribution >= 0.6 is 0 Å². The number of hydrogen-bond donors (Lipinski definition) is 1. The van der Waals surface area contributed by atoms with Crippen LogP contribution in [0.2, 0.25) is 0 Å². The Morgan fingerprint density at radius 2 is 1.84 bits per heavy atom. The van der Waals surface area contributed by atoms with Crippen molar-refractivity contribution in [3.63, 3.8) is 0 Å². The first-order chi connectivity index (χ1) is 8.78. The van der Waals surface area contributed by atoms with E-state index in [2.05, 4.69) is 0 Å². The molecule has 0 saturated carbocycles. The second-order valence-corrected chi connectivity index (χ2v) is 6.02. The fraction of sp³-hybridized carbons (Fsp3) is 0.562. The fourth-order valence-electron chi connectivity index (χ4n) is 1.88. The summed E-state index contributed by atoms with van der Waals surface area (Å²) < 4.78 is 5.21. The number of hydrogen-bond acceptors (Lipinski definition) is 3. The van der Waals surface area contributed by atoms with E-state index < -0.39 is 11.7 Å². The summed E-state index contributed by atoms with van der Waals surface area (Å²) in [5.74, 6) is -0.324. The summed E-state index contributed by atoms with van der Waals surface area (Å²) in [6.07, 6.45) is 0.130. The van der Waals surface area contributed by atoms with Crippen LogP contribution in [0.1, 0.15) is 39.7 Å². The molecular formula is C16H24O3. The Morgan fingerprint density at radius 1 is 1.26 bits per heavy atom. The van der Waals surface area contributed by atoms with Crippen LogP contribution in [0.4, 0.5) is 0 Å². The molecule has 1 rings (SSSR count). The highest BCUT2D eigenvalue weighted by Gasteiger charge is 2.22. The van der Waals surface area contributed by atoms with Gasteiger partial charge in [-0.05, 0) is 38.7 Å². The third-order valence-electron chi connectivity index (χ3n) is 2.85. The fourth-order valence-corrected chi connectivity index (χ4v) is 1.88. The summed E-state index contributed by atoms with van der Waals surface area (Å²) in [5.41, 5.74) is 0.665. The topological polar surface area (TPSA) is 46.5 Å². The lowest BCUT2D eigenvalue weighted by Gasteiger charge is -2.23. The molecular weight excluding hydrogens is 240 g/mol. The van der Waals surface area contributed by atoms with E-state index in [1.807, 2.05) is 58.0 Å². The minimum atomic E-state index is -0.671. The van der Waals surface area contributed by atoms with E-state index >= 15 is 0 Å². The predicted molar refractivity (Wildman–Crippen MR) is 75.8 cm³/mol. The Kier molecular flexibility index (Phi) is 5.55. The molecule has 0 saturated heterocycles. The largest absolute Gasteiger partial charge is 0.460 e. The average Bonchev–Trinajstić information content (AvgIpc) is 2.27. The molecule has 1 aromatic rings. The van der Waals surface area contributed by atoms with Crippen LogP contribution in [-0.4, -0.2) is 22.8 Å². The van der Waals surface area contributed by atoms with Crippen LogP contribution < -0.4 is 0 Å². The Hall–Kier alpha value is -1.35. The smallest absolute Gasteiger partial charge is 0.308 e. The summed E-state index contributed by atoms with van der Waals surface area (Å²) in [5, 5.41) is 10.0. The lowest BCUT2D eigenvalue weighted by Crippen LogP contribution is -2.29. The van der Waals surface area contributed by atoms with Crippen LogP contribution in [0.5, 0.6) is 0 Å². The van der Waals surface area contributed by atoms with Crippen molar-refractivity contribution in [1.82, 2.24) is 0 Å². The number of rotatable bonds is 5. The van der Waals surface area contributed by atoms with E-state index in [0.717, 1.165) is 6.42 Å². The van der Waals surface area contributed by atoms with Crippen LogP contribution in [0.3, 0.4) is 0 Å². The van der Waals surface area contributed by atoms with Crippen LogP contribution in [0, 0.1) is 5.92 Å². The van der Waals surface area contributed by atoms with E-state index in [1.54, 1.807) is 0 Å². The van der Waals surface area contributed by atoms with E-state index in [0.29, 0.717) is 0 Å². The first-order valence-electron chi connectivity index (χ1n) is 6.72. The molecule has 3 nitrogen and oxygen atoms in total. The molecule has 0 spiro atoms. The molecule has 0 radical (unpaired) electrons. The van der Waals surface area contributed by atoms with Crippen molar-refractivity contribution in [2.45, 2.75) is 52.2 Å². The standard InChI is InChI=1S/C16H24O3/c1-12(10-13-8-6-5-7-9-13)14(17)11-15(18)19-16(2,3)4/h5-9,12,14,17H,10-11H2,1-4H3. The minimum absolute atomic E-state index is 0.0231. The van der Waals surface area contributed by atoms with Crippen molar-refractivity contribution >= 4 is 5.97 Å².